The van der Waals surface area contributed by atoms with Crippen LogP contribution in [0.1, 0.15) is 72.1 Å². The van der Waals surface area contributed by atoms with Crippen molar-refractivity contribution in [1.82, 2.24) is 10.2 Å². The first-order chi connectivity index (χ1) is 9.15. The zero-order valence-electron chi connectivity index (χ0n) is 12.8. The van der Waals surface area contributed by atoms with Gasteiger partial charge in [0, 0.05) is 6.04 Å². The van der Waals surface area contributed by atoms with Crippen molar-refractivity contribution in [2.45, 2.75) is 90.4 Å². The van der Waals surface area contributed by atoms with Gasteiger partial charge in [0.15, 0.2) is 0 Å². The molecule has 0 spiro atoms. The maximum Gasteiger partial charge on any atom is 0.241 e. The van der Waals surface area contributed by atoms with Gasteiger partial charge in [0.25, 0.3) is 0 Å². The molecule has 110 valence electrons. The molecular weight excluding hydrogens is 236 g/mol. The standard InChI is InChI=1S/C16H30N2O/c1-4-12(2)15-16(19)18(13(3)17-15)14-10-8-6-5-7-9-11-14/h12-15,17H,4-11H2,1-3H3. The van der Waals surface area contributed by atoms with Crippen molar-refractivity contribution < 1.29 is 4.79 Å². The third kappa shape index (κ3) is 3.31. The van der Waals surface area contributed by atoms with Crippen LogP contribution < -0.4 is 5.32 Å². The van der Waals surface area contributed by atoms with Gasteiger partial charge >= 0.3 is 0 Å². The number of carbonyl (C=O) groups excluding carboxylic acids is 1. The second-order valence-electron chi connectivity index (χ2n) is 6.45. The van der Waals surface area contributed by atoms with Crippen LogP contribution in [0.5, 0.6) is 0 Å². The fourth-order valence-corrected chi connectivity index (χ4v) is 3.62. The van der Waals surface area contributed by atoms with Crippen LogP contribution in [0.3, 0.4) is 0 Å². The van der Waals surface area contributed by atoms with Crippen LogP contribution in [-0.4, -0.2) is 29.1 Å². The van der Waals surface area contributed by atoms with Gasteiger partial charge in [-0.1, -0.05) is 52.4 Å². The number of hydrogen-bond acceptors (Lipinski definition) is 2. The van der Waals surface area contributed by atoms with Gasteiger partial charge in [-0.25, -0.2) is 0 Å². The summed E-state index contributed by atoms with van der Waals surface area (Å²) in [6.45, 7) is 6.51. The van der Waals surface area contributed by atoms with Crippen molar-refractivity contribution in [3.8, 4) is 0 Å². The molecule has 2 rings (SSSR count). The van der Waals surface area contributed by atoms with Gasteiger partial charge in [0.05, 0.1) is 12.2 Å². The van der Waals surface area contributed by atoms with Crippen LogP contribution in [0.25, 0.3) is 0 Å². The average Bonchev–Trinajstić information content (AvgIpc) is 2.65. The molecule has 2 aliphatic rings. The van der Waals surface area contributed by atoms with Crippen LogP contribution in [-0.2, 0) is 4.79 Å². The molecule has 3 unspecified atom stereocenters. The van der Waals surface area contributed by atoms with E-state index < -0.39 is 0 Å². The van der Waals surface area contributed by atoms with E-state index >= 15 is 0 Å². The Morgan fingerprint density at radius 2 is 1.79 bits per heavy atom. The molecule has 0 radical (unpaired) electrons. The molecule has 0 aromatic rings. The predicted molar refractivity (Wildman–Crippen MR) is 78.8 cm³/mol. The number of rotatable bonds is 3. The minimum atomic E-state index is 0.0467. The van der Waals surface area contributed by atoms with Crippen molar-refractivity contribution in [2.24, 2.45) is 5.92 Å². The number of amides is 1. The van der Waals surface area contributed by atoms with Gasteiger partial charge in [-0.15, -0.1) is 0 Å². The fourth-order valence-electron chi connectivity index (χ4n) is 3.62. The van der Waals surface area contributed by atoms with E-state index in [1.807, 2.05) is 0 Å². The largest absolute Gasteiger partial charge is 0.323 e. The van der Waals surface area contributed by atoms with E-state index in [0.29, 0.717) is 17.9 Å². The third-order valence-electron chi connectivity index (χ3n) is 5.04. The second-order valence-corrected chi connectivity index (χ2v) is 6.45. The highest BCUT2D eigenvalue weighted by molar-refractivity contribution is 5.84. The zero-order chi connectivity index (χ0) is 13.8. The van der Waals surface area contributed by atoms with Crippen LogP contribution in [0.4, 0.5) is 0 Å². The van der Waals surface area contributed by atoms with E-state index in [2.05, 4.69) is 31.0 Å². The van der Waals surface area contributed by atoms with Gasteiger partial charge in [0.2, 0.25) is 5.91 Å². The highest BCUT2D eigenvalue weighted by Gasteiger charge is 2.41. The number of hydrogen-bond donors (Lipinski definition) is 1. The molecule has 1 amide bonds. The molecule has 0 aromatic carbocycles. The van der Waals surface area contributed by atoms with Gasteiger partial charge in [-0.05, 0) is 25.7 Å². The van der Waals surface area contributed by atoms with Crippen molar-refractivity contribution in [2.75, 3.05) is 0 Å². The summed E-state index contributed by atoms with van der Waals surface area (Å²) < 4.78 is 0. The van der Waals surface area contributed by atoms with Gasteiger partial charge in [-0.3, -0.25) is 10.1 Å². The molecule has 1 aliphatic carbocycles. The van der Waals surface area contributed by atoms with E-state index in [4.69, 9.17) is 0 Å². The molecule has 1 saturated carbocycles. The van der Waals surface area contributed by atoms with Crippen molar-refractivity contribution >= 4 is 5.91 Å². The Balaban J connectivity index is 2.03. The Kier molecular flexibility index (Phi) is 5.26. The Bertz CT molecular complexity index is 297. The minimum absolute atomic E-state index is 0.0467. The first-order valence-electron chi connectivity index (χ1n) is 8.23. The Morgan fingerprint density at radius 3 is 2.37 bits per heavy atom. The summed E-state index contributed by atoms with van der Waals surface area (Å²) in [5.41, 5.74) is 0. The van der Waals surface area contributed by atoms with Crippen molar-refractivity contribution in [3.05, 3.63) is 0 Å². The summed E-state index contributed by atoms with van der Waals surface area (Å²) in [6.07, 6.45) is 10.3. The van der Waals surface area contributed by atoms with Crippen molar-refractivity contribution in [3.63, 3.8) is 0 Å². The maximum atomic E-state index is 12.7. The van der Waals surface area contributed by atoms with E-state index in [0.717, 1.165) is 6.42 Å². The summed E-state index contributed by atoms with van der Waals surface area (Å²) in [6, 6.07) is 0.523. The lowest BCUT2D eigenvalue weighted by Gasteiger charge is -2.32. The number of carbonyl (C=O) groups is 1. The topological polar surface area (TPSA) is 32.3 Å². The molecule has 3 nitrogen and oxygen atoms in total. The number of nitrogens with one attached hydrogen (secondary N) is 1. The quantitative estimate of drug-likeness (QED) is 0.850. The van der Waals surface area contributed by atoms with E-state index in [-0.39, 0.29) is 12.2 Å². The second kappa shape index (κ2) is 6.74. The molecule has 1 aliphatic heterocycles. The zero-order valence-corrected chi connectivity index (χ0v) is 12.8. The summed E-state index contributed by atoms with van der Waals surface area (Å²) in [5.74, 6) is 0.793. The van der Waals surface area contributed by atoms with E-state index in [1.54, 1.807) is 0 Å². The third-order valence-corrected chi connectivity index (χ3v) is 5.04. The summed E-state index contributed by atoms with van der Waals surface area (Å²) >= 11 is 0. The monoisotopic (exact) mass is 266 g/mol. The van der Waals surface area contributed by atoms with Crippen LogP contribution in [0, 0.1) is 5.92 Å². The van der Waals surface area contributed by atoms with Crippen molar-refractivity contribution in [1.29, 1.82) is 0 Å². The highest BCUT2D eigenvalue weighted by atomic mass is 16.2. The summed E-state index contributed by atoms with van der Waals surface area (Å²) in [5, 5.41) is 3.51. The van der Waals surface area contributed by atoms with Gasteiger partial charge in [-0.2, -0.15) is 0 Å². The fraction of sp³-hybridized carbons (Fsp3) is 0.938. The Hall–Kier alpha value is -0.570. The Morgan fingerprint density at radius 1 is 1.21 bits per heavy atom. The number of nitrogens with zero attached hydrogens (tertiary/aromatic N) is 1. The first-order valence-corrected chi connectivity index (χ1v) is 8.23. The van der Waals surface area contributed by atoms with Gasteiger partial charge in [0.1, 0.15) is 0 Å². The molecule has 19 heavy (non-hydrogen) atoms. The lowest BCUT2D eigenvalue weighted by atomic mass is 9.94. The predicted octanol–water partition coefficient (Wildman–Crippen LogP) is 3.29. The lowest BCUT2D eigenvalue weighted by molar-refractivity contribution is -0.133. The summed E-state index contributed by atoms with van der Waals surface area (Å²) in [7, 11) is 0. The SMILES string of the molecule is CCC(C)C1NC(C)N(C2CCCCCCC2)C1=O. The smallest absolute Gasteiger partial charge is 0.241 e. The van der Waals surface area contributed by atoms with Gasteiger partial charge < -0.3 is 4.90 Å². The molecule has 0 bridgehead atoms. The lowest BCUT2D eigenvalue weighted by Crippen LogP contribution is -2.43. The molecular formula is C16H30N2O. The van der Waals surface area contributed by atoms with E-state index in [1.165, 1.54) is 44.9 Å². The molecule has 1 heterocycles. The molecule has 1 saturated heterocycles. The average molecular weight is 266 g/mol. The molecule has 1 N–H and O–H groups in total. The Labute approximate surface area is 118 Å². The molecule has 3 heteroatoms. The van der Waals surface area contributed by atoms with Crippen LogP contribution >= 0.6 is 0 Å². The molecule has 2 fully saturated rings. The normalized spacial score (nSPS) is 32.2. The molecule has 3 atom stereocenters. The first kappa shape index (κ1) is 14.8. The highest BCUT2D eigenvalue weighted by Crippen LogP contribution is 2.27. The minimum Gasteiger partial charge on any atom is -0.323 e. The van der Waals surface area contributed by atoms with Crippen LogP contribution in [0.15, 0.2) is 0 Å². The van der Waals surface area contributed by atoms with E-state index in [9.17, 15) is 4.79 Å². The maximum absolute atomic E-state index is 12.7. The summed E-state index contributed by atoms with van der Waals surface area (Å²) in [4.78, 5) is 14.8. The van der Waals surface area contributed by atoms with Crippen LogP contribution in [0.2, 0.25) is 0 Å². The molecule has 0 aromatic heterocycles.